The van der Waals surface area contributed by atoms with Crippen molar-refractivity contribution in [2.45, 2.75) is 25.6 Å². The van der Waals surface area contributed by atoms with Crippen LogP contribution >= 0.6 is 24.0 Å². The summed E-state index contributed by atoms with van der Waals surface area (Å²) in [6.45, 7) is 1.80. The molecular weight excluding hydrogens is 482 g/mol. The van der Waals surface area contributed by atoms with Crippen molar-refractivity contribution in [3.05, 3.63) is 59.8 Å². The molecule has 0 bridgehead atoms. The van der Waals surface area contributed by atoms with Crippen molar-refractivity contribution in [2.24, 2.45) is 4.99 Å². The lowest BCUT2D eigenvalue weighted by molar-refractivity contribution is -0.137. The molecular formula is C19H25F3IN5. The number of alkyl halides is 3. The molecule has 5 nitrogen and oxygen atoms in total. The first kappa shape index (κ1) is 24.0. The van der Waals surface area contributed by atoms with Gasteiger partial charge in [0, 0.05) is 32.9 Å². The Bertz CT molecular complexity index is 723. The molecule has 0 unspecified atom stereocenters. The van der Waals surface area contributed by atoms with Gasteiger partial charge in [0.15, 0.2) is 5.96 Å². The van der Waals surface area contributed by atoms with Gasteiger partial charge in [0.05, 0.1) is 5.56 Å². The first-order chi connectivity index (χ1) is 13.0. The highest BCUT2D eigenvalue weighted by atomic mass is 127. The van der Waals surface area contributed by atoms with E-state index in [2.05, 4.69) is 25.9 Å². The number of nitrogens with zero attached hydrogens (tertiary/aromatic N) is 2. The Morgan fingerprint density at radius 3 is 2.50 bits per heavy atom. The Labute approximate surface area is 180 Å². The molecule has 1 aromatic carbocycles. The zero-order chi connectivity index (χ0) is 19.5. The standard InChI is InChI=1S/C19H24F3N5.HI/c1-23-18(26-12-5-4-11-25-17-9-2-3-10-24-17)27-14-15-7-6-8-16(13-15)19(20,21)22;/h2-3,6-10,13H,4-5,11-12,14H2,1H3,(H,24,25)(H2,23,26,27);1H. The molecule has 0 saturated heterocycles. The van der Waals surface area contributed by atoms with Gasteiger partial charge in [0.2, 0.25) is 0 Å². The van der Waals surface area contributed by atoms with E-state index in [4.69, 9.17) is 0 Å². The number of rotatable bonds is 8. The fourth-order valence-electron chi connectivity index (χ4n) is 2.40. The molecule has 2 rings (SSSR count). The fraction of sp³-hybridized carbons (Fsp3) is 0.368. The summed E-state index contributed by atoms with van der Waals surface area (Å²) in [5.41, 5.74) is -0.0995. The van der Waals surface area contributed by atoms with E-state index < -0.39 is 11.7 Å². The average molecular weight is 507 g/mol. The zero-order valence-electron chi connectivity index (χ0n) is 15.6. The van der Waals surface area contributed by atoms with Crippen molar-refractivity contribution >= 4 is 35.8 Å². The predicted molar refractivity (Wildman–Crippen MR) is 117 cm³/mol. The predicted octanol–water partition coefficient (Wildman–Crippen LogP) is 4.28. The van der Waals surface area contributed by atoms with E-state index in [1.807, 2.05) is 18.2 Å². The van der Waals surface area contributed by atoms with Crippen LogP contribution in [0.15, 0.2) is 53.7 Å². The molecule has 1 heterocycles. The number of anilines is 1. The number of nitrogens with one attached hydrogen (secondary N) is 3. The van der Waals surface area contributed by atoms with Crippen molar-refractivity contribution in [2.75, 3.05) is 25.5 Å². The van der Waals surface area contributed by atoms with E-state index in [9.17, 15) is 13.2 Å². The van der Waals surface area contributed by atoms with E-state index in [0.717, 1.165) is 37.3 Å². The molecule has 0 fully saturated rings. The van der Waals surface area contributed by atoms with Crippen LogP contribution in [0.4, 0.5) is 19.0 Å². The van der Waals surface area contributed by atoms with Gasteiger partial charge in [-0.05, 0) is 42.7 Å². The van der Waals surface area contributed by atoms with Crippen LogP contribution in [0, 0.1) is 0 Å². The SMILES string of the molecule is CN=C(NCCCCNc1ccccn1)NCc1cccc(C(F)(F)F)c1.I. The summed E-state index contributed by atoms with van der Waals surface area (Å²) < 4.78 is 38.2. The quantitative estimate of drug-likeness (QED) is 0.216. The van der Waals surface area contributed by atoms with E-state index in [0.29, 0.717) is 18.1 Å². The van der Waals surface area contributed by atoms with Crippen LogP contribution in [-0.2, 0) is 12.7 Å². The van der Waals surface area contributed by atoms with Gasteiger partial charge in [-0.15, -0.1) is 24.0 Å². The number of guanidine groups is 1. The van der Waals surface area contributed by atoms with Crippen LogP contribution < -0.4 is 16.0 Å². The van der Waals surface area contributed by atoms with Gasteiger partial charge < -0.3 is 16.0 Å². The molecule has 0 aliphatic rings. The summed E-state index contributed by atoms with van der Waals surface area (Å²) in [4.78, 5) is 8.27. The lowest BCUT2D eigenvalue weighted by atomic mass is 10.1. The van der Waals surface area contributed by atoms with Crippen LogP contribution in [0.1, 0.15) is 24.0 Å². The van der Waals surface area contributed by atoms with Gasteiger partial charge in [0.25, 0.3) is 0 Å². The number of unbranched alkanes of at least 4 members (excludes halogenated alkanes) is 1. The molecule has 0 spiro atoms. The molecule has 28 heavy (non-hydrogen) atoms. The van der Waals surface area contributed by atoms with Crippen LogP contribution in [0.2, 0.25) is 0 Å². The number of pyridine rings is 1. The van der Waals surface area contributed by atoms with Gasteiger partial charge in [-0.1, -0.05) is 18.2 Å². The second-order valence-electron chi connectivity index (χ2n) is 5.90. The summed E-state index contributed by atoms with van der Waals surface area (Å²) in [7, 11) is 1.63. The van der Waals surface area contributed by atoms with Crippen molar-refractivity contribution in [3.8, 4) is 0 Å². The number of aliphatic imine (C=N–C) groups is 1. The maximum Gasteiger partial charge on any atom is 0.416 e. The lowest BCUT2D eigenvalue weighted by Crippen LogP contribution is -2.37. The molecule has 0 saturated carbocycles. The minimum Gasteiger partial charge on any atom is -0.370 e. The summed E-state index contributed by atoms with van der Waals surface area (Å²) in [5.74, 6) is 1.41. The first-order valence-corrected chi connectivity index (χ1v) is 8.74. The average Bonchev–Trinajstić information content (AvgIpc) is 2.67. The van der Waals surface area contributed by atoms with Gasteiger partial charge in [0.1, 0.15) is 5.82 Å². The third-order valence-corrected chi connectivity index (χ3v) is 3.80. The molecule has 154 valence electrons. The molecule has 0 radical (unpaired) electrons. The first-order valence-electron chi connectivity index (χ1n) is 8.74. The minimum atomic E-state index is -4.33. The van der Waals surface area contributed by atoms with Crippen molar-refractivity contribution in [1.29, 1.82) is 0 Å². The topological polar surface area (TPSA) is 61.3 Å². The van der Waals surface area contributed by atoms with Crippen molar-refractivity contribution in [3.63, 3.8) is 0 Å². The summed E-state index contributed by atoms with van der Waals surface area (Å²) in [6.07, 6.45) is -0.721. The Morgan fingerprint density at radius 2 is 1.82 bits per heavy atom. The lowest BCUT2D eigenvalue weighted by Gasteiger charge is -2.13. The van der Waals surface area contributed by atoms with Gasteiger partial charge in [-0.25, -0.2) is 4.98 Å². The Kier molecular flexibility index (Phi) is 10.6. The van der Waals surface area contributed by atoms with E-state index in [1.165, 1.54) is 6.07 Å². The maximum atomic E-state index is 12.7. The van der Waals surface area contributed by atoms with Gasteiger partial charge in [-0.3, -0.25) is 4.99 Å². The highest BCUT2D eigenvalue weighted by Gasteiger charge is 2.30. The monoisotopic (exact) mass is 507 g/mol. The Balaban J connectivity index is 0.00000392. The molecule has 2 aromatic rings. The normalized spacial score (nSPS) is 11.5. The van der Waals surface area contributed by atoms with Gasteiger partial charge >= 0.3 is 6.18 Å². The second-order valence-corrected chi connectivity index (χ2v) is 5.90. The molecule has 0 atom stereocenters. The number of aromatic nitrogens is 1. The Morgan fingerprint density at radius 1 is 1.04 bits per heavy atom. The molecule has 0 amide bonds. The molecule has 0 aliphatic carbocycles. The number of benzene rings is 1. The van der Waals surface area contributed by atoms with Gasteiger partial charge in [-0.2, -0.15) is 13.2 Å². The van der Waals surface area contributed by atoms with Crippen molar-refractivity contribution < 1.29 is 13.2 Å². The third-order valence-electron chi connectivity index (χ3n) is 3.80. The molecule has 9 heteroatoms. The largest absolute Gasteiger partial charge is 0.416 e. The van der Waals surface area contributed by atoms with Crippen LogP contribution in [0.25, 0.3) is 0 Å². The fourth-order valence-corrected chi connectivity index (χ4v) is 2.40. The van der Waals surface area contributed by atoms with E-state index >= 15 is 0 Å². The summed E-state index contributed by atoms with van der Waals surface area (Å²) in [6, 6.07) is 11.0. The summed E-state index contributed by atoms with van der Waals surface area (Å²) in [5, 5.41) is 9.42. The van der Waals surface area contributed by atoms with Crippen LogP contribution in [-0.4, -0.2) is 31.1 Å². The minimum absolute atomic E-state index is 0. The third kappa shape index (κ3) is 8.77. The highest BCUT2D eigenvalue weighted by molar-refractivity contribution is 14.0. The number of halogens is 4. The molecule has 0 aliphatic heterocycles. The highest BCUT2D eigenvalue weighted by Crippen LogP contribution is 2.29. The van der Waals surface area contributed by atoms with E-state index in [-0.39, 0.29) is 30.5 Å². The van der Waals surface area contributed by atoms with Crippen LogP contribution in [0.3, 0.4) is 0 Å². The van der Waals surface area contributed by atoms with Crippen LogP contribution in [0.5, 0.6) is 0 Å². The molecule has 3 N–H and O–H groups in total. The van der Waals surface area contributed by atoms with Crippen molar-refractivity contribution in [1.82, 2.24) is 15.6 Å². The van der Waals surface area contributed by atoms with E-state index in [1.54, 1.807) is 19.3 Å². The number of hydrogen-bond donors (Lipinski definition) is 3. The zero-order valence-corrected chi connectivity index (χ0v) is 17.9. The molecule has 1 aromatic heterocycles. The number of hydrogen-bond acceptors (Lipinski definition) is 3. The second kappa shape index (κ2) is 12.4. The Hall–Kier alpha value is -2.04. The smallest absolute Gasteiger partial charge is 0.370 e. The summed E-state index contributed by atoms with van der Waals surface area (Å²) >= 11 is 0. The maximum absolute atomic E-state index is 12.7.